The van der Waals surface area contributed by atoms with Gasteiger partial charge in [-0.15, -0.1) is 0 Å². The summed E-state index contributed by atoms with van der Waals surface area (Å²) in [4.78, 5) is 36.6. The van der Waals surface area contributed by atoms with Crippen LogP contribution in [-0.4, -0.2) is 35.4 Å². The SMILES string of the molecule is Cc1cc(C(=O)COC(=O)CNC(=O)c2ccccc2)c(C)n1[C@H](C)c1ccccc1. The standard InChI is InChI=1S/C25H26N2O4/c1-17-14-22(19(3)27(17)18(2)20-10-6-4-7-11-20)23(28)16-31-24(29)15-26-25(30)21-12-8-5-9-13-21/h4-14,18H,15-16H2,1-3H3,(H,26,30)/t18-/m1/s1. The second-order valence-electron chi connectivity index (χ2n) is 7.37. The smallest absolute Gasteiger partial charge is 0.325 e. The minimum Gasteiger partial charge on any atom is -0.456 e. The van der Waals surface area contributed by atoms with Gasteiger partial charge in [-0.3, -0.25) is 14.4 Å². The lowest BCUT2D eigenvalue weighted by molar-refractivity contribution is -0.141. The number of ketones is 1. The molecule has 6 nitrogen and oxygen atoms in total. The molecule has 1 heterocycles. The van der Waals surface area contributed by atoms with Gasteiger partial charge in [-0.05, 0) is 44.5 Å². The van der Waals surface area contributed by atoms with E-state index in [1.807, 2.05) is 38.1 Å². The molecule has 1 N–H and O–H groups in total. The van der Waals surface area contributed by atoms with E-state index in [9.17, 15) is 14.4 Å². The summed E-state index contributed by atoms with van der Waals surface area (Å²) in [7, 11) is 0. The van der Waals surface area contributed by atoms with Crippen LogP contribution < -0.4 is 5.32 Å². The van der Waals surface area contributed by atoms with Gasteiger partial charge in [-0.1, -0.05) is 48.5 Å². The Hall–Kier alpha value is -3.67. The molecule has 0 unspecified atom stereocenters. The van der Waals surface area contributed by atoms with E-state index in [1.54, 1.807) is 30.3 Å². The molecule has 0 aliphatic rings. The van der Waals surface area contributed by atoms with Gasteiger partial charge in [0.25, 0.3) is 5.91 Å². The molecule has 2 aromatic carbocycles. The minimum absolute atomic E-state index is 0.0681. The van der Waals surface area contributed by atoms with Crippen molar-refractivity contribution in [1.29, 1.82) is 0 Å². The monoisotopic (exact) mass is 418 g/mol. The van der Waals surface area contributed by atoms with E-state index in [0.29, 0.717) is 11.1 Å². The van der Waals surface area contributed by atoms with Crippen molar-refractivity contribution >= 4 is 17.7 Å². The van der Waals surface area contributed by atoms with Crippen LogP contribution in [0.15, 0.2) is 66.7 Å². The number of benzene rings is 2. The summed E-state index contributed by atoms with van der Waals surface area (Å²) in [6, 6.07) is 20.5. The highest BCUT2D eigenvalue weighted by molar-refractivity contribution is 6.00. The van der Waals surface area contributed by atoms with Crippen molar-refractivity contribution in [1.82, 2.24) is 9.88 Å². The normalized spacial score (nSPS) is 11.6. The molecule has 3 rings (SSSR count). The van der Waals surface area contributed by atoms with Crippen LogP contribution in [0.4, 0.5) is 0 Å². The summed E-state index contributed by atoms with van der Waals surface area (Å²) >= 11 is 0. The Morgan fingerprint density at radius 1 is 0.968 bits per heavy atom. The first-order valence-corrected chi connectivity index (χ1v) is 10.1. The fourth-order valence-corrected chi connectivity index (χ4v) is 3.65. The maximum atomic E-state index is 12.7. The van der Waals surface area contributed by atoms with Crippen molar-refractivity contribution in [2.24, 2.45) is 0 Å². The predicted molar refractivity (Wildman–Crippen MR) is 118 cm³/mol. The van der Waals surface area contributed by atoms with Crippen molar-refractivity contribution < 1.29 is 19.1 Å². The Morgan fingerprint density at radius 2 is 1.58 bits per heavy atom. The Morgan fingerprint density at radius 3 is 2.23 bits per heavy atom. The third-order valence-electron chi connectivity index (χ3n) is 5.25. The molecule has 6 heteroatoms. The van der Waals surface area contributed by atoms with E-state index in [4.69, 9.17) is 4.74 Å². The van der Waals surface area contributed by atoms with Crippen LogP contribution >= 0.6 is 0 Å². The van der Waals surface area contributed by atoms with Crippen LogP contribution in [0.1, 0.15) is 50.6 Å². The lowest BCUT2D eigenvalue weighted by atomic mass is 10.1. The van der Waals surface area contributed by atoms with Crippen molar-refractivity contribution in [3.8, 4) is 0 Å². The molecule has 0 fully saturated rings. The largest absolute Gasteiger partial charge is 0.456 e. The molecule has 1 amide bonds. The van der Waals surface area contributed by atoms with Gasteiger partial charge < -0.3 is 14.6 Å². The van der Waals surface area contributed by atoms with Gasteiger partial charge in [0, 0.05) is 22.5 Å². The topological polar surface area (TPSA) is 77.4 Å². The Kier molecular flexibility index (Phi) is 7.03. The number of carbonyl (C=O) groups excluding carboxylic acids is 3. The van der Waals surface area contributed by atoms with E-state index < -0.39 is 5.97 Å². The maximum Gasteiger partial charge on any atom is 0.325 e. The van der Waals surface area contributed by atoms with Gasteiger partial charge in [-0.2, -0.15) is 0 Å². The van der Waals surface area contributed by atoms with Crippen LogP contribution in [0.5, 0.6) is 0 Å². The number of rotatable bonds is 8. The highest BCUT2D eigenvalue weighted by Crippen LogP contribution is 2.25. The molecule has 31 heavy (non-hydrogen) atoms. The van der Waals surface area contributed by atoms with Crippen LogP contribution in [0, 0.1) is 13.8 Å². The molecule has 0 aliphatic carbocycles. The molecule has 0 radical (unpaired) electrons. The van der Waals surface area contributed by atoms with Gasteiger partial charge in [0.1, 0.15) is 6.54 Å². The molecule has 0 spiro atoms. The third-order valence-corrected chi connectivity index (χ3v) is 5.25. The zero-order valence-corrected chi connectivity index (χ0v) is 17.9. The summed E-state index contributed by atoms with van der Waals surface area (Å²) in [6.45, 7) is 5.25. The molecule has 1 aromatic heterocycles. The summed E-state index contributed by atoms with van der Waals surface area (Å²) in [5.74, 6) is -1.31. The molecular formula is C25H26N2O4. The van der Waals surface area contributed by atoms with Gasteiger partial charge in [0.2, 0.25) is 5.78 Å². The van der Waals surface area contributed by atoms with Crippen LogP contribution in [0.25, 0.3) is 0 Å². The number of carbonyl (C=O) groups is 3. The number of nitrogens with zero attached hydrogens (tertiary/aromatic N) is 1. The van der Waals surface area contributed by atoms with E-state index in [1.165, 1.54) is 0 Å². The first-order chi connectivity index (χ1) is 14.9. The number of aromatic nitrogens is 1. The van der Waals surface area contributed by atoms with Crippen molar-refractivity contribution in [2.45, 2.75) is 26.8 Å². The average Bonchev–Trinajstić information content (AvgIpc) is 3.10. The van der Waals surface area contributed by atoms with Gasteiger partial charge in [0.15, 0.2) is 6.61 Å². The Bertz CT molecular complexity index is 1070. The number of hydrogen-bond donors (Lipinski definition) is 1. The summed E-state index contributed by atoms with van der Waals surface area (Å²) < 4.78 is 7.18. The number of ether oxygens (including phenoxy) is 1. The number of Topliss-reactive ketones (excluding diaryl/α,β-unsaturated/α-hetero) is 1. The fraction of sp³-hybridized carbons (Fsp3) is 0.240. The number of amides is 1. The van der Waals surface area contributed by atoms with Gasteiger partial charge >= 0.3 is 5.97 Å². The number of nitrogens with one attached hydrogen (secondary N) is 1. The molecule has 160 valence electrons. The van der Waals surface area contributed by atoms with Crippen LogP contribution in [0.3, 0.4) is 0 Å². The summed E-state index contributed by atoms with van der Waals surface area (Å²) in [6.07, 6.45) is 0. The molecule has 0 bridgehead atoms. The van der Waals surface area contributed by atoms with E-state index in [0.717, 1.165) is 17.0 Å². The zero-order chi connectivity index (χ0) is 22.4. The van der Waals surface area contributed by atoms with Crippen LogP contribution in [-0.2, 0) is 9.53 Å². The molecule has 0 aliphatic heterocycles. The second kappa shape index (κ2) is 9.89. The Balaban J connectivity index is 1.58. The molecule has 3 aromatic rings. The van der Waals surface area contributed by atoms with Crippen molar-refractivity contribution in [3.63, 3.8) is 0 Å². The van der Waals surface area contributed by atoms with Gasteiger partial charge in [-0.25, -0.2) is 0 Å². The van der Waals surface area contributed by atoms with Gasteiger partial charge in [0.05, 0.1) is 6.04 Å². The highest BCUT2D eigenvalue weighted by Gasteiger charge is 2.20. The lowest BCUT2D eigenvalue weighted by Gasteiger charge is -2.19. The lowest BCUT2D eigenvalue weighted by Crippen LogP contribution is -2.31. The van der Waals surface area contributed by atoms with E-state index >= 15 is 0 Å². The summed E-state index contributed by atoms with van der Waals surface area (Å²) in [5.41, 5.74) is 3.91. The molecular weight excluding hydrogens is 392 g/mol. The first kappa shape index (κ1) is 22.0. The summed E-state index contributed by atoms with van der Waals surface area (Å²) in [5, 5.41) is 2.49. The number of esters is 1. The fourth-order valence-electron chi connectivity index (χ4n) is 3.65. The second-order valence-corrected chi connectivity index (χ2v) is 7.37. The number of aryl methyl sites for hydroxylation is 1. The maximum absolute atomic E-state index is 12.7. The van der Waals surface area contributed by atoms with Crippen LogP contribution in [0.2, 0.25) is 0 Å². The first-order valence-electron chi connectivity index (χ1n) is 10.1. The predicted octanol–water partition coefficient (Wildman–Crippen LogP) is 3.87. The average molecular weight is 418 g/mol. The third kappa shape index (κ3) is 5.28. The van der Waals surface area contributed by atoms with E-state index in [-0.39, 0.29) is 30.9 Å². The molecule has 0 saturated carbocycles. The quantitative estimate of drug-likeness (QED) is 0.445. The number of hydrogen-bond acceptors (Lipinski definition) is 4. The van der Waals surface area contributed by atoms with Crippen molar-refractivity contribution in [3.05, 3.63) is 94.8 Å². The molecule has 1 atom stereocenters. The minimum atomic E-state index is -0.663. The Labute approximate surface area is 181 Å². The van der Waals surface area contributed by atoms with Crippen molar-refractivity contribution in [2.75, 3.05) is 13.2 Å². The van der Waals surface area contributed by atoms with E-state index in [2.05, 4.69) is 28.9 Å². The highest BCUT2D eigenvalue weighted by atomic mass is 16.5. The molecule has 0 saturated heterocycles. The zero-order valence-electron chi connectivity index (χ0n) is 17.9.